The summed E-state index contributed by atoms with van der Waals surface area (Å²) in [6, 6.07) is 8.80. The molecule has 0 unspecified atom stereocenters. The van der Waals surface area contributed by atoms with Crippen LogP contribution in [0.15, 0.2) is 36.4 Å². The molecule has 0 radical (unpaired) electrons. The van der Waals surface area contributed by atoms with E-state index in [1.54, 1.807) is 24.3 Å². The smallest absolute Gasteiger partial charge is 0.242 e. The maximum atomic E-state index is 13.5. The van der Waals surface area contributed by atoms with Crippen LogP contribution in [0.2, 0.25) is 20.1 Å². The highest BCUT2D eigenvalue weighted by atomic mass is 35.5. The maximum Gasteiger partial charge on any atom is 0.242 e. The summed E-state index contributed by atoms with van der Waals surface area (Å²) in [5.41, 5.74) is 0.883. The Labute approximate surface area is 245 Å². The van der Waals surface area contributed by atoms with Crippen molar-refractivity contribution >= 4 is 73.9 Å². The summed E-state index contributed by atoms with van der Waals surface area (Å²) in [6.07, 6.45) is 3.39. The first-order valence-corrected chi connectivity index (χ1v) is 15.7. The van der Waals surface area contributed by atoms with Gasteiger partial charge >= 0.3 is 0 Å². The zero-order chi connectivity index (χ0) is 28.5. The first kappa shape index (κ1) is 32.5. The zero-order valence-electron chi connectivity index (χ0n) is 21.6. The third kappa shape index (κ3) is 9.49. The van der Waals surface area contributed by atoms with E-state index in [2.05, 4.69) is 5.32 Å². The number of carbonyl (C=O) groups is 2. The summed E-state index contributed by atoms with van der Waals surface area (Å²) in [5, 5.41) is 4.30. The molecule has 0 fully saturated rings. The molecule has 1 N–H and O–H groups in total. The van der Waals surface area contributed by atoms with Gasteiger partial charge < -0.3 is 10.2 Å². The van der Waals surface area contributed by atoms with Crippen molar-refractivity contribution < 1.29 is 18.0 Å². The second-order valence-electron chi connectivity index (χ2n) is 8.86. The Kier molecular flexibility index (Phi) is 13.0. The van der Waals surface area contributed by atoms with E-state index in [-0.39, 0.29) is 48.5 Å². The van der Waals surface area contributed by atoms with Crippen LogP contribution in [0.25, 0.3) is 0 Å². The Morgan fingerprint density at radius 3 is 2.21 bits per heavy atom. The van der Waals surface area contributed by atoms with E-state index in [4.69, 9.17) is 46.4 Å². The summed E-state index contributed by atoms with van der Waals surface area (Å²) >= 11 is 24.7. The molecule has 0 saturated heterocycles. The van der Waals surface area contributed by atoms with E-state index in [9.17, 15) is 18.0 Å². The Hall–Kier alpha value is -1.71. The molecule has 0 aliphatic carbocycles. The van der Waals surface area contributed by atoms with Crippen molar-refractivity contribution in [3.8, 4) is 0 Å². The van der Waals surface area contributed by atoms with E-state index in [1.165, 1.54) is 17.0 Å². The number of sulfonamides is 1. The number of hydrogen-bond donors (Lipinski definition) is 1. The van der Waals surface area contributed by atoms with Gasteiger partial charge in [0.2, 0.25) is 21.8 Å². The summed E-state index contributed by atoms with van der Waals surface area (Å²) in [4.78, 5) is 28.0. The molecular weight excluding hydrogens is 592 g/mol. The lowest BCUT2D eigenvalue weighted by Gasteiger charge is -2.31. The molecule has 0 aromatic heterocycles. The van der Waals surface area contributed by atoms with Crippen LogP contribution in [-0.4, -0.2) is 50.5 Å². The van der Waals surface area contributed by atoms with Crippen molar-refractivity contribution in [3.05, 3.63) is 62.1 Å². The first-order valence-electron chi connectivity index (χ1n) is 12.3. The summed E-state index contributed by atoms with van der Waals surface area (Å²) in [7, 11) is -3.71. The number of anilines is 1. The molecule has 7 nitrogen and oxygen atoms in total. The molecule has 0 bridgehead atoms. The predicted molar refractivity (Wildman–Crippen MR) is 157 cm³/mol. The minimum atomic E-state index is -3.71. The Morgan fingerprint density at radius 1 is 0.947 bits per heavy atom. The summed E-state index contributed by atoms with van der Waals surface area (Å²) in [6.45, 7) is 4.47. The van der Waals surface area contributed by atoms with Gasteiger partial charge in [0.1, 0.15) is 6.04 Å². The molecule has 210 valence electrons. The molecule has 38 heavy (non-hydrogen) atoms. The van der Waals surface area contributed by atoms with Crippen molar-refractivity contribution in [2.75, 3.05) is 23.7 Å². The minimum absolute atomic E-state index is 0.000333. The lowest BCUT2D eigenvalue weighted by molar-refractivity contribution is -0.141. The molecule has 0 saturated carbocycles. The summed E-state index contributed by atoms with van der Waals surface area (Å²) in [5.74, 6) is -0.554. The molecule has 0 spiro atoms. The Bertz CT molecular complexity index is 1230. The monoisotopic (exact) mass is 623 g/mol. The van der Waals surface area contributed by atoms with E-state index in [0.29, 0.717) is 33.6 Å². The number of nitrogens with zero attached hydrogens (tertiary/aromatic N) is 2. The highest BCUT2D eigenvalue weighted by Gasteiger charge is 2.29. The van der Waals surface area contributed by atoms with E-state index in [0.717, 1.165) is 23.4 Å². The summed E-state index contributed by atoms with van der Waals surface area (Å²) < 4.78 is 26.2. The van der Waals surface area contributed by atoms with Crippen molar-refractivity contribution in [2.24, 2.45) is 0 Å². The van der Waals surface area contributed by atoms with Crippen molar-refractivity contribution in [2.45, 2.75) is 58.5 Å². The molecule has 2 aromatic carbocycles. The highest BCUT2D eigenvalue weighted by Crippen LogP contribution is 2.31. The average Bonchev–Trinajstić information content (AvgIpc) is 2.84. The number of rotatable bonds is 14. The molecule has 0 aliphatic rings. The number of benzene rings is 2. The molecule has 0 heterocycles. The van der Waals surface area contributed by atoms with Crippen molar-refractivity contribution in [1.82, 2.24) is 10.2 Å². The fourth-order valence-corrected chi connectivity index (χ4v) is 5.79. The molecule has 2 rings (SSSR count). The number of nitrogens with one attached hydrogen (secondary N) is 1. The van der Waals surface area contributed by atoms with Crippen LogP contribution in [0, 0.1) is 0 Å². The normalized spacial score (nSPS) is 12.2. The van der Waals surface area contributed by atoms with Crippen molar-refractivity contribution in [1.29, 1.82) is 0 Å². The molecule has 2 aromatic rings. The topological polar surface area (TPSA) is 86.8 Å². The van der Waals surface area contributed by atoms with Gasteiger partial charge in [0, 0.05) is 41.1 Å². The van der Waals surface area contributed by atoms with Gasteiger partial charge in [-0.05, 0) is 55.2 Å². The van der Waals surface area contributed by atoms with Gasteiger partial charge in [0.05, 0.1) is 17.0 Å². The molecule has 12 heteroatoms. The molecule has 2 amide bonds. The predicted octanol–water partition coefficient (Wildman–Crippen LogP) is 6.57. The number of halogens is 4. The zero-order valence-corrected chi connectivity index (χ0v) is 25.5. The third-order valence-corrected chi connectivity index (χ3v) is 8.22. The second-order valence-corrected chi connectivity index (χ2v) is 12.5. The number of amides is 2. The largest absolute Gasteiger partial charge is 0.354 e. The van der Waals surface area contributed by atoms with Crippen LogP contribution in [0.1, 0.15) is 51.5 Å². The standard InChI is InChI=1S/C26H33Cl4N3O4S/c1-4-6-13-31-26(35)23(5-2)32(17-18-9-10-19(27)15-22(18)30)25(34)8-7-14-33(38(3,36)37)24-16-20(28)11-12-21(24)29/h9-12,15-16,23H,4-8,13-14,17H2,1-3H3,(H,31,35)/t23-/m1/s1. The quantitative estimate of drug-likeness (QED) is 0.241. The number of hydrogen-bond acceptors (Lipinski definition) is 4. The van der Waals surface area contributed by atoms with Gasteiger partial charge in [0.25, 0.3) is 0 Å². The van der Waals surface area contributed by atoms with Crippen molar-refractivity contribution in [3.63, 3.8) is 0 Å². The van der Waals surface area contributed by atoms with Crippen LogP contribution in [0.3, 0.4) is 0 Å². The fourth-order valence-electron chi connectivity index (χ4n) is 3.92. The van der Waals surface area contributed by atoms with Crippen LogP contribution in [-0.2, 0) is 26.2 Å². The lowest BCUT2D eigenvalue weighted by atomic mass is 10.1. The molecular formula is C26H33Cl4N3O4S. The second kappa shape index (κ2) is 15.2. The molecule has 0 aliphatic heterocycles. The van der Waals surface area contributed by atoms with Crippen LogP contribution < -0.4 is 9.62 Å². The van der Waals surface area contributed by atoms with Gasteiger partial charge in [-0.25, -0.2) is 8.42 Å². The number of carbonyl (C=O) groups excluding carboxylic acids is 2. The molecule has 1 atom stereocenters. The van der Waals surface area contributed by atoms with Gasteiger partial charge in [-0.1, -0.05) is 72.7 Å². The van der Waals surface area contributed by atoms with E-state index >= 15 is 0 Å². The maximum absolute atomic E-state index is 13.5. The van der Waals surface area contributed by atoms with Gasteiger partial charge in [-0.3, -0.25) is 13.9 Å². The van der Waals surface area contributed by atoms with Gasteiger partial charge in [0.15, 0.2) is 0 Å². The highest BCUT2D eigenvalue weighted by molar-refractivity contribution is 7.92. The number of unbranched alkanes of at least 4 members (excludes halogenated alkanes) is 1. The van der Waals surface area contributed by atoms with Crippen LogP contribution >= 0.6 is 46.4 Å². The SMILES string of the molecule is CCCCNC(=O)[C@@H](CC)N(Cc1ccc(Cl)cc1Cl)C(=O)CCCN(c1cc(Cl)ccc1Cl)S(C)(=O)=O. The van der Waals surface area contributed by atoms with Gasteiger partial charge in [-0.15, -0.1) is 0 Å². The van der Waals surface area contributed by atoms with E-state index in [1.807, 2.05) is 13.8 Å². The fraction of sp³-hybridized carbons (Fsp3) is 0.462. The van der Waals surface area contributed by atoms with Crippen LogP contribution in [0.5, 0.6) is 0 Å². The Balaban J connectivity index is 2.27. The third-order valence-electron chi connectivity index (χ3n) is 5.90. The van der Waals surface area contributed by atoms with Gasteiger partial charge in [-0.2, -0.15) is 0 Å². The minimum Gasteiger partial charge on any atom is -0.354 e. The first-order chi connectivity index (χ1) is 17.9. The van der Waals surface area contributed by atoms with Crippen LogP contribution in [0.4, 0.5) is 5.69 Å². The van der Waals surface area contributed by atoms with E-state index < -0.39 is 16.1 Å². The lowest BCUT2D eigenvalue weighted by Crippen LogP contribution is -2.49. The average molecular weight is 625 g/mol. The Morgan fingerprint density at radius 2 is 1.61 bits per heavy atom.